The molecule has 2 saturated heterocycles. The van der Waals surface area contributed by atoms with Gasteiger partial charge in [-0.1, -0.05) is 176 Å². The van der Waals surface area contributed by atoms with Crippen LogP contribution in [0.2, 0.25) is 0 Å². The molecule has 2 heterocycles. The number of aliphatic hydroxyl groups is 1. The molecule has 0 bridgehead atoms. The van der Waals surface area contributed by atoms with Crippen molar-refractivity contribution in [2.45, 2.75) is 87.8 Å². The molecule has 386 valence electrons. The fraction of sp³-hybridized carbons (Fsp3) is 0.262. The number of rotatable bonds is 22. The minimum atomic E-state index is -1.93. The predicted molar refractivity (Wildman–Crippen MR) is 274 cm³/mol. The molecule has 14 heteroatoms. The van der Waals surface area contributed by atoms with Gasteiger partial charge in [0.05, 0.1) is 56.3 Å². The second kappa shape index (κ2) is 26.7. The Bertz CT molecular complexity index is 2810. The van der Waals surface area contributed by atoms with E-state index in [1.165, 1.54) is 24.3 Å². The zero-order chi connectivity index (χ0) is 51.6. The van der Waals surface area contributed by atoms with Gasteiger partial charge >= 0.3 is 17.9 Å². The number of aliphatic hydroxyl groups excluding tert-OH is 1. The number of hydrogen-bond donors (Lipinski definition) is 1. The van der Waals surface area contributed by atoms with E-state index in [0.717, 1.165) is 22.3 Å². The molecule has 7 aromatic carbocycles. The molecule has 0 unspecified atom stereocenters. The summed E-state index contributed by atoms with van der Waals surface area (Å²) < 4.78 is 65.2. The minimum Gasteiger partial charge on any atom is -0.452 e. The van der Waals surface area contributed by atoms with E-state index in [2.05, 4.69) is 0 Å². The standard InChI is InChI=1S/C61H58O14/c62-57(46-30-16-5-17-31-46)73-52-50(71-60(65)55(75-59(64)48-34-20-7-21-35-48)54(52)74-58(63)47-32-18-6-19-33-47)41-70-61-56(69-39-45-28-14-4-15-29-45)53(68-38-44-26-12-3-13-27-44)51(67-37-43-24-10-2-11-25-43)49(72-61)40-66-36-42-22-8-1-9-23-42/h1-35,49-56,60-61,65H,36-41H2/t49-,50-,51-,52-,53+,54+,55-,56-,60+,61+/m1/s1. The van der Waals surface area contributed by atoms with E-state index < -0.39 is 85.9 Å². The second-order valence-corrected chi connectivity index (χ2v) is 17.9. The molecule has 0 aromatic heterocycles. The Kier molecular flexibility index (Phi) is 18.7. The third kappa shape index (κ3) is 14.5. The second-order valence-electron chi connectivity index (χ2n) is 17.9. The lowest BCUT2D eigenvalue weighted by atomic mass is 9.96. The van der Waals surface area contributed by atoms with Gasteiger partial charge in [0, 0.05) is 0 Å². The molecular formula is C61H58O14. The third-order valence-corrected chi connectivity index (χ3v) is 12.6. The van der Waals surface area contributed by atoms with Crippen molar-refractivity contribution in [1.82, 2.24) is 0 Å². The summed E-state index contributed by atoms with van der Waals surface area (Å²) in [5.41, 5.74) is 4.08. The Hall–Kier alpha value is -7.37. The molecule has 0 radical (unpaired) electrons. The monoisotopic (exact) mass is 1010 g/mol. The average Bonchev–Trinajstić information content (AvgIpc) is 3.46. The number of hydrogen-bond acceptors (Lipinski definition) is 14. The van der Waals surface area contributed by atoms with Gasteiger partial charge in [0.15, 0.2) is 30.9 Å². The first kappa shape index (κ1) is 52.5. The highest BCUT2D eigenvalue weighted by molar-refractivity contribution is 5.91. The molecule has 2 fully saturated rings. The molecule has 2 aliphatic heterocycles. The molecule has 0 aliphatic carbocycles. The largest absolute Gasteiger partial charge is 0.452 e. The molecular weight excluding hydrogens is 957 g/mol. The fourth-order valence-electron chi connectivity index (χ4n) is 8.80. The van der Waals surface area contributed by atoms with Crippen molar-refractivity contribution in [3.05, 3.63) is 251 Å². The number of ether oxygens (including phenoxy) is 10. The highest BCUT2D eigenvalue weighted by atomic mass is 16.7. The predicted octanol–water partition coefficient (Wildman–Crippen LogP) is 9.09. The summed E-state index contributed by atoms with van der Waals surface area (Å²) in [6.45, 7) is 0.321. The number of carbonyl (C=O) groups is 3. The quantitative estimate of drug-likeness (QED) is 0.0505. The van der Waals surface area contributed by atoms with Crippen LogP contribution in [0.3, 0.4) is 0 Å². The van der Waals surface area contributed by atoms with Crippen LogP contribution in [0, 0.1) is 0 Å². The Morgan fingerprint density at radius 3 is 1.13 bits per heavy atom. The Balaban J connectivity index is 1.07. The first-order chi connectivity index (χ1) is 36.9. The summed E-state index contributed by atoms with van der Waals surface area (Å²) in [5, 5.41) is 11.9. The first-order valence-corrected chi connectivity index (χ1v) is 24.8. The molecule has 1 N–H and O–H groups in total. The number of benzene rings is 7. The van der Waals surface area contributed by atoms with Crippen LogP contribution in [-0.4, -0.2) is 97.6 Å². The van der Waals surface area contributed by atoms with Crippen LogP contribution in [0.25, 0.3) is 0 Å². The summed E-state index contributed by atoms with van der Waals surface area (Å²) in [6, 6.07) is 63.2. The summed E-state index contributed by atoms with van der Waals surface area (Å²) in [5.74, 6) is -2.52. The van der Waals surface area contributed by atoms with Crippen molar-refractivity contribution in [2.24, 2.45) is 0 Å². The Labute approximate surface area is 435 Å². The van der Waals surface area contributed by atoms with E-state index in [4.69, 9.17) is 47.4 Å². The molecule has 2 aliphatic rings. The average molecular weight is 1020 g/mol. The van der Waals surface area contributed by atoms with Crippen LogP contribution in [0.1, 0.15) is 53.3 Å². The highest BCUT2D eigenvalue weighted by Crippen LogP contribution is 2.35. The molecule has 75 heavy (non-hydrogen) atoms. The first-order valence-electron chi connectivity index (χ1n) is 24.8. The van der Waals surface area contributed by atoms with Crippen molar-refractivity contribution in [3.8, 4) is 0 Å². The SMILES string of the molecule is O=C(O[C@@H]1[C@@H](OC(=O)c2ccccc2)[C@@H](O)O[C@H](CO[C@H]2O[C@H](COCc3ccccc3)[C@@H](OCc3ccccc3)[C@H](OCc3ccccc3)[C@H]2OCc2ccccc2)[C@H]1OC(=O)c1ccccc1)c1ccccc1. The Morgan fingerprint density at radius 1 is 0.347 bits per heavy atom. The molecule has 0 spiro atoms. The molecule has 7 aromatic rings. The maximum Gasteiger partial charge on any atom is 0.338 e. The van der Waals surface area contributed by atoms with Gasteiger partial charge in [0.2, 0.25) is 0 Å². The molecule has 0 amide bonds. The van der Waals surface area contributed by atoms with Crippen molar-refractivity contribution in [2.75, 3.05) is 13.2 Å². The normalized spacial score (nSPS) is 23.4. The maximum atomic E-state index is 14.1. The molecule has 14 nitrogen and oxygen atoms in total. The van der Waals surface area contributed by atoms with Gasteiger partial charge < -0.3 is 52.5 Å². The maximum absolute atomic E-state index is 14.1. The summed E-state index contributed by atoms with van der Waals surface area (Å²) in [7, 11) is 0. The van der Waals surface area contributed by atoms with Gasteiger partial charge in [-0.2, -0.15) is 0 Å². The zero-order valence-electron chi connectivity index (χ0n) is 41.0. The molecule has 10 atom stereocenters. The van der Waals surface area contributed by atoms with Crippen LogP contribution in [-0.2, 0) is 73.8 Å². The molecule has 9 rings (SSSR count). The van der Waals surface area contributed by atoms with Crippen LogP contribution in [0.15, 0.2) is 212 Å². The van der Waals surface area contributed by atoms with Gasteiger partial charge in [-0.15, -0.1) is 0 Å². The van der Waals surface area contributed by atoms with Gasteiger partial charge in [-0.25, -0.2) is 14.4 Å². The van der Waals surface area contributed by atoms with E-state index in [9.17, 15) is 19.5 Å². The minimum absolute atomic E-state index is 0.0345. The lowest BCUT2D eigenvalue weighted by molar-refractivity contribution is -0.342. The van der Waals surface area contributed by atoms with Crippen molar-refractivity contribution in [3.63, 3.8) is 0 Å². The van der Waals surface area contributed by atoms with E-state index in [1.54, 1.807) is 66.7 Å². The van der Waals surface area contributed by atoms with Crippen LogP contribution >= 0.6 is 0 Å². The van der Waals surface area contributed by atoms with Crippen LogP contribution in [0.5, 0.6) is 0 Å². The lowest BCUT2D eigenvalue weighted by Gasteiger charge is -2.47. The topological polar surface area (TPSA) is 164 Å². The summed E-state index contributed by atoms with van der Waals surface area (Å²) >= 11 is 0. The van der Waals surface area contributed by atoms with Crippen molar-refractivity contribution >= 4 is 17.9 Å². The fourth-order valence-corrected chi connectivity index (χ4v) is 8.80. The highest BCUT2D eigenvalue weighted by Gasteiger charge is 2.54. The lowest BCUT2D eigenvalue weighted by Crippen LogP contribution is -2.64. The zero-order valence-corrected chi connectivity index (χ0v) is 41.0. The van der Waals surface area contributed by atoms with Crippen molar-refractivity contribution < 1.29 is 66.9 Å². The van der Waals surface area contributed by atoms with Gasteiger partial charge in [0.1, 0.15) is 30.5 Å². The van der Waals surface area contributed by atoms with Gasteiger partial charge in [-0.3, -0.25) is 0 Å². The number of esters is 3. The Morgan fingerprint density at radius 2 is 0.693 bits per heavy atom. The third-order valence-electron chi connectivity index (χ3n) is 12.6. The van der Waals surface area contributed by atoms with Crippen LogP contribution in [0.4, 0.5) is 0 Å². The summed E-state index contributed by atoms with van der Waals surface area (Å²) in [4.78, 5) is 41.9. The number of carbonyl (C=O) groups excluding carboxylic acids is 3. The van der Waals surface area contributed by atoms with Gasteiger partial charge in [-0.05, 0) is 58.7 Å². The smallest absolute Gasteiger partial charge is 0.338 e. The van der Waals surface area contributed by atoms with Crippen LogP contribution < -0.4 is 0 Å². The van der Waals surface area contributed by atoms with E-state index in [-0.39, 0.29) is 49.7 Å². The van der Waals surface area contributed by atoms with E-state index in [0.29, 0.717) is 0 Å². The van der Waals surface area contributed by atoms with E-state index >= 15 is 0 Å². The van der Waals surface area contributed by atoms with Gasteiger partial charge in [0.25, 0.3) is 0 Å². The van der Waals surface area contributed by atoms with E-state index in [1.807, 2.05) is 121 Å². The molecule has 0 saturated carbocycles. The summed E-state index contributed by atoms with van der Waals surface area (Å²) in [6.07, 6.45) is -13.0. The van der Waals surface area contributed by atoms with Crippen molar-refractivity contribution in [1.29, 1.82) is 0 Å².